The van der Waals surface area contributed by atoms with Gasteiger partial charge in [-0.05, 0) is 24.1 Å². The highest BCUT2D eigenvalue weighted by molar-refractivity contribution is 6.29. The number of aromatic nitrogens is 1. The van der Waals surface area contributed by atoms with E-state index >= 15 is 0 Å². The van der Waals surface area contributed by atoms with Gasteiger partial charge in [-0.2, -0.15) is 0 Å². The minimum Gasteiger partial charge on any atom is -0.394 e. The average Bonchev–Trinajstić information content (AvgIpc) is 2.52. The Balaban J connectivity index is 2.18. The van der Waals surface area contributed by atoms with Crippen LogP contribution in [0.2, 0.25) is 5.15 Å². The SMILES string of the molecule is CCc1cc(C(=O)N[C@@H](CO)c2ccccc2)cc(Cl)n1. The van der Waals surface area contributed by atoms with Gasteiger partial charge in [0.1, 0.15) is 5.15 Å². The number of aliphatic hydroxyl groups is 1. The molecule has 21 heavy (non-hydrogen) atoms. The minimum absolute atomic E-state index is 0.171. The van der Waals surface area contributed by atoms with Crippen molar-refractivity contribution in [2.75, 3.05) is 6.61 Å². The predicted octanol–water partition coefficient (Wildman–Crippen LogP) is 2.76. The Morgan fingerprint density at radius 3 is 2.67 bits per heavy atom. The number of pyridine rings is 1. The molecular weight excluding hydrogens is 288 g/mol. The van der Waals surface area contributed by atoms with Crippen molar-refractivity contribution < 1.29 is 9.90 Å². The number of nitrogens with one attached hydrogen (secondary N) is 1. The third-order valence-corrected chi connectivity index (χ3v) is 3.36. The van der Waals surface area contributed by atoms with Gasteiger partial charge in [-0.1, -0.05) is 48.9 Å². The maximum absolute atomic E-state index is 12.3. The number of benzene rings is 1. The lowest BCUT2D eigenvalue weighted by atomic mass is 10.1. The molecule has 0 saturated heterocycles. The van der Waals surface area contributed by atoms with Gasteiger partial charge < -0.3 is 10.4 Å². The maximum Gasteiger partial charge on any atom is 0.252 e. The number of carbonyl (C=O) groups is 1. The van der Waals surface area contributed by atoms with Crippen LogP contribution in [0.15, 0.2) is 42.5 Å². The van der Waals surface area contributed by atoms with Gasteiger partial charge in [0.15, 0.2) is 0 Å². The molecule has 2 rings (SSSR count). The Labute approximate surface area is 128 Å². The van der Waals surface area contributed by atoms with Crippen molar-refractivity contribution in [3.63, 3.8) is 0 Å². The van der Waals surface area contributed by atoms with Gasteiger partial charge in [-0.25, -0.2) is 4.98 Å². The summed E-state index contributed by atoms with van der Waals surface area (Å²) >= 11 is 5.92. The molecule has 0 saturated carbocycles. The van der Waals surface area contributed by atoms with E-state index in [0.717, 1.165) is 11.3 Å². The van der Waals surface area contributed by atoms with E-state index in [0.29, 0.717) is 17.1 Å². The molecule has 1 aromatic heterocycles. The fourth-order valence-electron chi connectivity index (χ4n) is 2.02. The molecule has 0 fully saturated rings. The topological polar surface area (TPSA) is 62.2 Å². The normalized spacial score (nSPS) is 12.0. The number of amides is 1. The molecule has 1 atom stereocenters. The van der Waals surface area contributed by atoms with Crippen LogP contribution in [0.4, 0.5) is 0 Å². The van der Waals surface area contributed by atoms with Crippen molar-refractivity contribution in [2.45, 2.75) is 19.4 Å². The lowest BCUT2D eigenvalue weighted by Crippen LogP contribution is -2.30. The standard InChI is InChI=1S/C16H17ClN2O2/c1-2-13-8-12(9-15(17)18-13)16(21)19-14(10-20)11-6-4-3-5-7-11/h3-9,14,20H,2,10H2,1H3,(H,19,21)/t14-/m0/s1. The fraction of sp³-hybridized carbons (Fsp3) is 0.250. The first-order valence-corrected chi connectivity index (χ1v) is 7.15. The Morgan fingerprint density at radius 1 is 1.33 bits per heavy atom. The lowest BCUT2D eigenvalue weighted by molar-refractivity contribution is 0.0916. The molecule has 1 aromatic carbocycles. The van der Waals surface area contributed by atoms with Crippen molar-refractivity contribution in [2.24, 2.45) is 0 Å². The van der Waals surface area contributed by atoms with Crippen molar-refractivity contribution in [3.05, 3.63) is 64.4 Å². The summed E-state index contributed by atoms with van der Waals surface area (Å²) in [6.07, 6.45) is 0.697. The van der Waals surface area contributed by atoms with Crippen LogP contribution in [0.1, 0.15) is 34.6 Å². The van der Waals surface area contributed by atoms with E-state index in [1.807, 2.05) is 37.3 Å². The third-order valence-electron chi connectivity index (χ3n) is 3.16. The van der Waals surface area contributed by atoms with Crippen molar-refractivity contribution in [3.8, 4) is 0 Å². The van der Waals surface area contributed by atoms with Crippen molar-refractivity contribution >= 4 is 17.5 Å². The van der Waals surface area contributed by atoms with Gasteiger partial charge in [0.05, 0.1) is 12.6 Å². The first-order valence-electron chi connectivity index (χ1n) is 6.77. The highest BCUT2D eigenvalue weighted by Gasteiger charge is 2.15. The lowest BCUT2D eigenvalue weighted by Gasteiger charge is -2.17. The van der Waals surface area contributed by atoms with Gasteiger partial charge in [0.2, 0.25) is 0 Å². The summed E-state index contributed by atoms with van der Waals surface area (Å²) in [4.78, 5) is 16.4. The number of nitrogens with zero attached hydrogens (tertiary/aromatic N) is 1. The Bertz CT molecular complexity index is 617. The summed E-state index contributed by atoms with van der Waals surface area (Å²) in [6.45, 7) is 1.77. The average molecular weight is 305 g/mol. The van der Waals surface area contributed by atoms with Crippen LogP contribution in [-0.4, -0.2) is 22.6 Å². The second-order valence-corrected chi connectivity index (χ2v) is 5.03. The maximum atomic E-state index is 12.3. The van der Waals surface area contributed by atoms with Crippen molar-refractivity contribution in [1.29, 1.82) is 0 Å². The van der Waals surface area contributed by atoms with Crippen LogP contribution in [0.25, 0.3) is 0 Å². The molecule has 0 radical (unpaired) electrons. The first-order chi connectivity index (χ1) is 10.1. The van der Waals surface area contributed by atoms with E-state index in [1.165, 1.54) is 6.07 Å². The van der Waals surface area contributed by atoms with Gasteiger partial charge >= 0.3 is 0 Å². The molecule has 0 aliphatic rings. The summed E-state index contributed by atoms with van der Waals surface area (Å²) in [7, 11) is 0. The predicted molar refractivity (Wildman–Crippen MR) is 82.4 cm³/mol. The molecule has 1 amide bonds. The second-order valence-electron chi connectivity index (χ2n) is 4.64. The molecule has 4 nitrogen and oxygen atoms in total. The molecule has 0 bridgehead atoms. The summed E-state index contributed by atoms with van der Waals surface area (Å²) in [5.74, 6) is -0.281. The van der Waals surface area contributed by atoms with Crippen LogP contribution in [-0.2, 0) is 6.42 Å². The molecule has 5 heteroatoms. The zero-order valence-electron chi connectivity index (χ0n) is 11.7. The molecular formula is C16H17ClN2O2. The molecule has 0 aliphatic heterocycles. The van der Waals surface area contributed by atoms with Crippen LogP contribution in [0, 0.1) is 0 Å². The van der Waals surface area contributed by atoms with Crippen LogP contribution in [0.3, 0.4) is 0 Å². The molecule has 2 N–H and O–H groups in total. The Kier molecular flexibility index (Phi) is 5.31. The largest absolute Gasteiger partial charge is 0.394 e. The monoisotopic (exact) mass is 304 g/mol. The number of hydrogen-bond donors (Lipinski definition) is 2. The highest BCUT2D eigenvalue weighted by atomic mass is 35.5. The van der Waals surface area contributed by atoms with E-state index in [1.54, 1.807) is 6.07 Å². The summed E-state index contributed by atoms with van der Waals surface area (Å²) < 4.78 is 0. The number of aliphatic hydroxyl groups excluding tert-OH is 1. The van der Waals surface area contributed by atoms with Crippen molar-refractivity contribution in [1.82, 2.24) is 10.3 Å². The van der Waals surface area contributed by atoms with E-state index in [2.05, 4.69) is 10.3 Å². The Morgan fingerprint density at radius 2 is 2.05 bits per heavy atom. The highest BCUT2D eigenvalue weighted by Crippen LogP contribution is 2.15. The second kappa shape index (κ2) is 7.20. The Hall–Kier alpha value is -1.91. The third kappa shape index (κ3) is 4.03. The molecule has 0 unspecified atom stereocenters. The molecule has 1 heterocycles. The number of aryl methyl sites for hydroxylation is 1. The molecule has 0 spiro atoms. The van der Waals surface area contributed by atoms with Crippen LogP contribution < -0.4 is 5.32 Å². The number of hydrogen-bond acceptors (Lipinski definition) is 3. The first kappa shape index (κ1) is 15.5. The number of halogens is 1. The molecule has 110 valence electrons. The van der Waals surface area contributed by atoms with Crippen LogP contribution in [0.5, 0.6) is 0 Å². The van der Waals surface area contributed by atoms with Gasteiger partial charge in [-0.3, -0.25) is 4.79 Å². The quantitative estimate of drug-likeness (QED) is 0.835. The van der Waals surface area contributed by atoms with E-state index in [-0.39, 0.29) is 12.5 Å². The van der Waals surface area contributed by atoms with Crippen LogP contribution >= 0.6 is 11.6 Å². The summed E-state index contributed by atoms with van der Waals surface area (Å²) in [6, 6.07) is 12.1. The minimum atomic E-state index is -0.448. The summed E-state index contributed by atoms with van der Waals surface area (Å²) in [5, 5.41) is 12.6. The molecule has 2 aromatic rings. The van der Waals surface area contributed by atoms with Gasteiger partial charge in [0, 0.05) is 11.3 Å². The van der Waals surface area contributed by atoms with E-state index in [4.69, 9.17) is 11.6 Å². The van der Waals surface area contributed by atoms with E-state index in [9.17, 15) is 9.90 Å². The zero-order chi connectivity index (χ0) is 15.2. The number of carbonyl (C=O) groups excluding carboxylic acids is 1. The number of rotatable bonds is 5. The summed E-state index contributed by atoms with van der Waals surface area (Å²) in [5.41, 5.74) is 2.05. The zero-order valence-corrected chi connectivity index (χ0v) is 12.5. The van der Waals surface area contributed by atoms with Gasteiger partial charge in [0.25, 0.3) is 5.91 Å². The smallest absolute Gasteiger partial charge is 0.252 e. The van der Waals surface area contributed by atoms with E-state index < -0.39 is 6.04 Å². The fourth-order valence-corrected chi connectivity index (χ4v) is 2.25. The molecule has 0 aliphatic carbocycles. The van der Waals surface area contributed by atoms with Gasteiger partial charge in [-0.15, -0.1) is 0 Å².